The van der Waals surface area contributed by atoms with Gasteiger partial charge in [-0.2, -0.15) is 0 Å². The molecule has 1 aliphatic rings. The number of halogens is 3. The lowest BCUT2D eigenvalue weighted by molar-refractivity contribution is 0.271. The fourth-order valence-corrected chi connectivity index (χ4v) is 2.16. The van der Waals surface area contributed by atoms with Gasteiger partial charge >= 0.3 is 0 Å². The quantitative estimate of drug-likeness (QED) is 0.899. The van der Waals surface area contributed by atoms with Gasteiger partial charge in [0.1, 0.15) is 19.0 Å². The van der Waals surface area contributed by atoms with Gasteiger partial charge in [-0.25, -0.2) is 4.39 Å². The van der Waals surface area contributed by atoms with E-state index in [0.29, 0.717) is 23.4 Å². The summed E-state index contributed by atoms with van der Waals surface area (Å²) in [6.45, 7) is 0.293. The van der Waals surface area contributed by atoms with E-state index in [2.05, 4.69) is 0 Å². The summed E-state index contributed by atoms with van der Waals surface area (Å²) in [5, 5.41) is 0.685. The molecule has 96 valence electrons. The van der Waals surface area contributed by atoms with Crippen molar-refractivity contribution in [1.29, 1.82) is 0 Å². The fourth-order valence-electron chi connectivity index (χ4n) is 1.98. The zero-order valence-electron chi connectivity index (χ0n) is 9.36. The minimum Gasteiger partial charge on any atom is -0.491 e. The smallest absolute Gasteiger partial charge is 0.123 e. The van der Waals surface area contributed by atoms with Gasteiger partial charge in [0.05, 0.1) is 0 Å². The molecule has 1 aromatic rings. The molecule has 0 aliphatic heterocycles. The minimum absolute atomic E-state index is 0. The lowest BCUT2D eigenvalue weighted by atomic mass is 10.1. The van der Waals surface area contributed by atoms with E-state index in [4.69, 9.17) is 22.1 Å². The van der Waals surface area contributed by atoms with Gasteiger partial charge in [0.15, 0.2) is 0 Å². The maximum Gasteiger partial charge on any atom is 0.123 e. The molecule has 1 aromatic carbocycles. The van der Waals surface area contributed by atoms with Gasteiger partial charge in [0.25, 0.3) is 0 Å². The zero-order chi connectivity index (χ0) is 11.5. The van der Waals surface area contributed by atoms with Crippen LogP contribution in [0, 0.1) is 5.92 Å². The standard InChI is InChI=1S/C12H15ClFNO.ClH/c13-9-1-2-12(16-4-3-14)11(6-9)10-5-8(10)7-15;/h1-2,6,8,10H,3-5,7,15H2;1H/t8-,10+;/m1./s1. The van der Waals surface area contributed by atoms with E-state index in [0.717, 1.165) is 17.7 Å². The zero-order valence-corrected chi connectivity index (χ0v) is 10.9. The first kappa shape index (κ1) is 14.6. The Labute approximate surface area is 112 Å². The first-order chi connectivity index (χ1) is 7.76. The van der Waals surface area contributed by atoms with Gasteiger partial charge in [-0.15, -0.1) is 12.4 Å². The topological polar surface area (TPSA) is 35.2 Å². The average Bonchev–Trinajstić information content (AvgIpc) is 3.06. The Morgan fingerprint density at radius 3 is 2.82 bits per heavy atom. The van der Waals surface area contributed by atoms with Crippen molar-refractivity contribution in [3.05, 3.63) is 28.8 Å². The molecule has 0 unspecified atom stereocenters. The summed E-state index contributed by atoms with van der Waals surface area (Å²) in [5.41, 5.74) is 6.68. The molecule has 0 saturated heterocycles. The van der Waals surface area contributed by atoms with Crippen molar-refractivity contribution < 1.29 is 9.13 Å². The summed E-state index contributed by atoms with van der Waals surface area (Å²) in [6, 6.07) is 5.47. The SMILES string of the molecule is Cl.NC[C@H]1C[C@@H]1c1cc(Cl)ccc1OCCF. The molecule has 5 heteroatoms. The Morgan fingerprint density at radius 1 is 1.47 bits per heavy atom. The lowest BCUT2D eigenvalue weighted by Gasteiger charge is -2.10. The minimum atomic E-state index is -0.479. The molecule has 0 amide bonds. The lowest BCUT2D eigenvalue weighted by Crippen LogP contribution is -2.04. The number of nitrogens with two attached hydrogens (primary N) is 1. The van der Waals surface area contributed by atoms with E-state index in [1.54, 1.807) is 12.1 Å². The molecular weight excluding hydrogens is 264 g/mol. The summed E-state index contributed by atoms with van der Waals surface area (Å²) in [5.74, 6) is 1.69. The van der Waals surface area contributed by atoms with Crippen molar-refractivity contribution in [3.63, 3.8) is 0 Å². The molecule has 2 rings (SSSR count). The van der Waals surface area contributed by atoms with E-state index in [1.165, 1.54) is 0 Å². The predicted octanol–water partition coefficient (Wildman–Crippen LogP) is 3.17. The number of benzene rings is 1. The molecule has 1 aliphatic carbocycles. The summed E-state index contributed by atoms with van der Waals surface area (Å²) in [7, 11) is 0. The van der Waals surface area contributed by atoms with E-state index in [9.17, 15) is 4.39 Å². The van der Waals surface area contributed by atoms with Gasteiger partial charge in [0.2, 0.25) is 0 Å². The molecule has 0 aromatic heterocycles. The molecule has 2 N–H and O–H groups in total. The molecule has 17 heavy (non-hydrogen) atoms. The van der Waals surface area contributed by atoms with Crippen LogP contribution in [-0.4, -0.2) is 19.8 Å². The van der Waals surface area contributed by atoms with Crippen LogP contribution < -0.4 is 10.5 Å². The third-order valence-electron chi connectivity index (χ3n) is 2.93. The number of rotatable bonds is 5. The van der Waals surface area contributed by atoms with Crippen LogP contribution in [0.25, 0.3) is 0 Å². The van der Waals surface area contributed by atoms with Crippen molar-refractivity contribution in [2.75, 3.05) is 19.8 Å². The molecular formula is C12H16Cl2FNO. The Bertz CT molecular complexity index is 376. The van der Waals surface area contributed by atoms with Crippen molar-refractivity contribution in [3.8, 4) is 5.75 Å². The first-order valence-electron chi connectivity index (χ1n) is 5.44. The third kappa shape index (κ3) is 3.47. The van der Waals surface area contributed by atoms with Crippen LogP contribution in [0.4, 0.5) is 4.39 Å². The number of ether oxygens (including phenoxy) is 1. The largest absolute Gasteiger partial charge is 0.491 e. The highest BCUT2D eigenvalue weighted by Crippen LogP contribution is 2.50. The second-order valence-electron chi connectivity index (χ2n) is 4.06. The Morgan fingerprint density at radius 2 is 2.24 bits per heavy atom. The highest BCUT2D eigenvalue weighted by atomic mass is 35.5. The van der Waals surface area contributed by atoms with Crippen LogP contribution in [0.3, 0.4) is 0 Å². The van der Waals surface area contributed by atoms with E-state index < -0.39 is 6.67 Å². The Kier molecular flexibility index (Phi) is 5.50. The number of hydrogen-bond acceptors (Lipinski definition) is 2. The monoisotopic (exact) mass is 279 g/mol. The van der Waals surface area contributed by atoms with Gasteiger partial charge < -0.3 is 10.5 Å². The molecule has 1 saturated carbocycles. The van der Waals surface area contributed by atoms with Gasteiger partial charge in [-0.3, -0.25) is 0 Å². The first-order valence-corrected chi connectivity index (χ1v) is 5.82. The van der Waals surface area contributed by atoms with Crippen LogP contribution in [0.1, 0.15) is 17.9 Å². The van der Waals surface area contributed by atoms with Gasteiger partial charge in [-0.1, -0.05) is 11.6 Å². The maximum absolute atomic E-state index is 12.1. The highest BCUT2D eigenvalue weighted by Gasteiger charge is 2.38. The van der Waals surface area contributed by atoms with Crippen molar-refractivity contribution in [2.24, 2.45) is 11.7 Å². The van der Waals surface area contributed by atoms with Crippen LogP contribution in [-0.2, 0) is 0 Å². The summed E-state index contributed by atoms with van der Waals surface area (Å²) < 4.78 is 17.4. The summed E-state index contributed by atoms with van der Waals surface area (Å²) in [6.07, 6.45) is 1.07. The van der Waals surface area contributed by atoms with Gasteiger partial charge in [0, 0.05) is 5.02 Å². The summed E-state index contributed by atoms with van der Waals surface area (Å²) in [4.78, 5) is 0. The molecule has 2 atom stereocenters. The van der Waals surface area contributed by atoms with Gasteiger partial charge in [-0.05, 0) is 48.6 Å². The van der Waals surface area contributed by atoms with Crippen molar-refractivity contribution in [1.82, 2.24) is 0 Å². The second kappa shape index (κ2) is 6.43. The number of alkyl halides is 1. The summed E-state index contributed by atoms with van der Waals surface area (Å²) >= 11 is 5.95. The van der Waals surface area contributed by atoms with Crippen LogP contribution in [0.5, 0.6) is 5.75 Å². The Balaban J connectivity index is 0.00000144. The maximum atomic E-state index is 12.1. The normalized spacial score (nSPS) is 21.8. The van der Waals surface area contributed by atoms with E-state index >= 15 is 0 Å². The molecule has 0 radical (unpaired) electrons. The third-order valence-corrected chi connectivity index (χ3v) is 3.17. The van der Waals surface area contributed by atoms with Crippen LogP contribution in [0.2, 0.25) is 5.02 Å². The Hall–Kier alpha value is -0.510. The molecule has 1 fully saturated rings. The highest BCUT2D eigenvalue weighted by molar-refractivity contribution is 6.30. The van der Waals surface area contributed by atoms with E-state index in [1.807, 2.05) is 6.07 Å². The molecule has 0 heterocycles. The molecule has 0 bridgehead atoms. The molecule has 0 spiro atoms. The van der Waals surface area contributed by atoms with Crippen LogP contribution in [0.15, 0.2) is 18.2 Å². The predicted molar refractivity (Wildman–Crippen MR) is 70.1 cm³/mol. The van der Waals surface area contributed by atoms with Crippen molar-refractivity contribution in [2.45, 2.75) is 12.3 Å². The molecule has 2 nitrogen and oxygen atoms in total. The fraction of sp³-hybridized carbons (Fsp3) is 0.500. The van der Waals surface area contributed by atoms with Crippen molar-refractivity contribution >= 4 is 24.0 Å². The second-order valence-corrected chi connectivity index (χ2v) is 4.49. The van der Waals surface area contributed by atoms with E-state index in [-0.39, 0.29) is 19.0 Å². The number of hydrogen-bond donors (Lipinski definition) is 1. The average molecular weight is 280 g/mol. The van der Waals surface area contributed by atoms with Crippen LogP contribution >= 0.6 is 24.0 Å².